The molecule has 0 fully saturated rings. The molecule has 4 rings (SSSR count). The number of benzene rings is 4. The molecule has 230 valence electrons. The van der Waals surface area contributed by atoms with E-state index in [0.29, 0.717) is 22.3 Å². The average molecular weight is 623 g/mol. The number of unbranched alkanes of at least 4 members (excludes halogenated alkanes) is 5. The van der Waals surface area contributed by atoms with Gasteiger partial charge in [0.05, 0.1) is 0 Å². The van der Waals surface area contributed by atoms with Crippen LogP contribution in [-0.4, -0.2) is 28.2 Å². The van der Waals surface area contributed by atoms with Gasteiger partial charge < -0.3 is 8.85 Å². The van der Waals surface area contributed by atoms with Gasteiger partial charge in [-0.2, -0.15) is 0 Å². The van der Waals surface area contributed by atoms with Crippen molar-refractivity contribution in [3.8, 4) is 11.5 Å². The molecule has 44 heavy (non-hydrogen) atoms. The Kier molecular flexibility index (Phi) is 11.9. The molecule has 0 N–H and O–H groups in total. The van der Waals surface area contributed by atoms with Crippen molar-refractivity contribution in [2.24, 2.45) is 0 Å². The second-order valence-corrected chi connectivity index (χ2v) is 21.2. The monoisotopic (exact) mass is 622 g/mol. The van der Waals surface area contributed by atoms with Gasteiger partial charge in [-0.05, 0) is 86.8 Å². The van der Waals surface area contributed by atoms with Crippen LogP contribution in [0.15, 0.2) is 109 Å². The quantitative estimate of drug-likeness (QED) is 0.0668. The molecule has 0 saturated heterocycles. The van der Waals surface area contributed by atoms with Crippen molar-refractivity contribution in [2.75, 3.05) is 0 Å². The highest BCUT2D eigenvalue weighted by Gasteiger charge is 2.25. The zero-order valence-corrected chi connectivity index (χ0v) is 28.7. The van der Waals surface area contributed by atoms with Gasteiger partial charge in [0.1, 0.15) is 11.5 Å². The molecule has 0 aromatic heterocycles. The molecule has 0 bridgehead atoms. The zero-order chi connectivity index (χ0) is 31.4. The van der Waals surface area contributed by atoms with E-state index in [9.17, 15) is 9.59 Å². The Hall–Kier alpha value is -3.75. The van der Waals surface area contributed by atoms with Gasteiger partial charge in [-0.3, -0.25) is 9.59 Å². The molecule has 0 amide bonds. The number of rotatable bonds is 17. The van der Waals surface area contributed by atoms with Crippen LogP contribution in [0.3, 0.4) is 0 Å². The average Bonchev–Trinajstić information content (AvgIpc) is 3.03. The lowest BCUT2D eigenvalue weighted by molar-refractivity contribution is 0.103. The van der Waals surface area contributed by atoms with Gasteiger partial charge >= 0.3 is 0 Å². The minimum atomic E-state index is -1.83. The zero-order valence-electron chi connectivity index (χ0n) is 26.7. The van der Waals surface area contributed by atoms with E-state index >= 15 is 0 Å². The van der Waals surface area contributed by atoms with E-state index in [-0.39, 0.29) is 11.6 Å². The maximum atomic E-state index is 12.7. The summed E-state index contributed by atoms with van der Waals surface area (Å²) in [6, 6.07) is 36.2. The molecule has 4 aromatic carbocycles. The second-order valence-electron chi connectivity index (χ2n) is 12.8. The van der Waals surface area contributed by atoms with Gasteiger partial charge in [0, 0.05) is 22.3 Å². The van der Waals surface area contributed by atoms with Crippen molar-refractivity contribution in [1.82, 2.24) is 0 Å². The van der Waals surface area contributed by atoms with Crippen LogP contribution < -0.4 is 8.85 Å². The first kappa shape index (κ1) is 33.2. The third-order valence-electron chi connectivity index (χ3n) is 7.90. The van der Waals surface area contributed by atoms with E-state index in [0.717, 1.165) is 23.6 Å². The fourth-order valence-corrected chi connectivity index (χ4v) is 9.37. The molecule has 0 aliphatic carbocycles. The van der Waals surface area contributed by atoms with Gasteiger partial charge in [-0.15, -0.1) is 0 Å². The lowest BCUT2D eigenvalue weighted by atomic mass is 10.0. The smallest absolute Gasteiger partial charge is 0.245 e. The summed E-state index contributed by atoms with van der Waals surface area (Å²) in [6.07, 6.45) is 7.35. The van der Waals surface area contributed by atoms with Crippen LogP contribution in [0.4, 0.5) is 0 Å². The lowest BCUT2D eigenvalue weighted by Gasteiger charge is -2.24. The first-order valence-corrected chi connectivity index (χ1v) is 22.1. The Morgan fingerprint density at radius 3 is 1.07 bits per heavy atom. The summed E-state index contributed by atoms with van der Waals surface area (Å²) in [5.41, 5.74) is 2.78. The van der Waals surface area contributed by atoms with Crippen LogP contribution in [0, 0.1) is 0 Å². The third-order valence-corrected chi connectivity index (χ3v) is 12.6. The first-order valence-electron chi connectivity index (χ1n) is 15.9. The van der Waals surface area contributed by atoms with Crippen LogP contribution in [0.2, 0.25) is 38.3 Å². The van der Waals surface area contributed by atoms with Crippen molar-refractivity contribution in [3.05, 3.63) is 131 Å². The van der Waals surface area contributed by atoms with Crippen molar-refractivity contribution in [1.29, 1.82) is 0 Å². The summed E-state index contributed by atoms with van der Waals surface area (Å²) in [5, 5.41) is 0. The standard InChI is InChI=1S/C38H46O4Si2/c1-43(2,41-35-25-21-33(22-26-35)37(39)31-17-11-9-12-18-31)29-15-7-5-6-8-16-30-44(3,4)42-36-27-23-34(24-28-36)38(40)32-19-13-10-14-20-32/h9-14,17-28H,5-8,15-16,29-30H2,1-4H3. The van der Waals surface area contributed by atoms with E-state index in [4.69, 9.17) is 8.85 Å². The Labute approximate surface area is 265 Å². The molecule has 4 nitrogen and oxygen atoms in total. The number of hydrogen-bond donors (Lipinski definition) is 0. The summed E-state index contributed by atoms with van der Waals surface area (Å²) in [6.45, 7) is 9.10. The van der Waals surface area contributed by atoms with Crippen LogP contribution in [0.1, 0.15) is 70.4 Å². The highest BCUT2D eigenvalue weighted by molar-refractivity contribution is 6.72. The van der Waals surface area contributed by atoms with Crippen molar-refractivity contribution in [2.45, 2.75) is 76.8 Å². The highest BCUT2D eigenvalue weighted by Crippen LogP contribution is 2.25. The normalized spacial score (nSPS) is 11.6. The molecular formula is C38H46O4Si2. The minimum Gasteiger partial charge on any atom is -0.544 e. The molecule has 4 aromatic rings. The Bertz CT molecular complexity index is 1350. The number of carbonyl (C=O) groups is 2. The molecule has 0 spiro atoms. The number of carbonyl (C=O) groups excluding carboxylic acids is 2. The molecule has 0 heterocycles. The molecule has 0 aliphatic heterocycles. The van der Waals surface area contributed by atoms with E-state index in [1.165, 1.54) is 38.5 Å². The molecular weight excluding hydrogens is 577 g/mol. The summed E-state index contributed by atoms with van der Waals surface area (Å²) in [7, 11) is -3.66. The second kappa shape index (κ2) is 15.8. The third kappa shape index (κ3) is 10.5. The summed E-state index contributed by atoms with van der Waals surface area (Å²) in [5.74, 6) is 1.79. The predicted octanol–water partition coefficient (Wildman–Crippen LogP) is 10.4. The molecule has 6 heteroatoms. The molecule has 0 radical (unpaired) electrons. The van der Waals surface area contributed by atoms with Gasteiger partial charge in [-0.1, -0.05) is 99.2 Å². The van der Waals surface area contributed by atoms with Crippen molar-refractivity contribution >= 4 is 28.2 Å². The predicted molar refractivity (Wildman–Crippen MR) is 186 cm³/mol. The van der Waals surface area contributed by atoms with E-state index in [2.05, 4.69) is 26.2 Å². The maximum absolute atomic E-state index is 12.7. The molecule has 0 saturated carbocycles. The lowest BCUT2D eigenvalue weighted by Crippen LogP contribution is -2.34. The van der Waals surface area contributed by atoms with Gasteiger partial charge in [0.15, 0.2) is 11.6 Å². The number of ketones is 2. The first-order chi connectivity index (χ1) is 21.1. The minimum absolute atomic E-state index is 0.0373. The largest absolute Gasteiger partial charge is 0.544 e. The molecule has 0 aliphatic rings. The summed E-state index contributed by atoms with van der Waals surface area (Å²) >= 11 is 0. The Balaban J connectivity index is 1.09. The molecule has 0 atom stereocenters. The van der Waals surface area contributed by atoms with E-state index in [1.54, 1.807) is 0 Å². The van der Waals surface area contributed by atoms with Crippen LogP contribution >= 0.6 is 0 Å². The molecule has 0 unspecified atom stereocenters. The summed E-state index contributed by atoms with van der Waals surface area (Å²) < 4.78 is 12.8. The Morgan fingerprint density at radius 1 is 0.432 bits per heavy atom. The highest BCUT2D eigenvalue weighted by atomic mass is 28.4. The van der Waals surface area contributed by atoms with Crippen LogP contribution in [0.5, 0.6) is 11.5 Å². The fraction of sp³-hybridized carbons (Fsp3) is 0.316. The number of hydrogen-bond acceptors (Lipinski definition) is 4. The topological polar surface area (TPSA) is 52.6 Å². The van der Waals surface area contributed by atoms with Gasteiger partial charge in [0.2, 0.25) is 16.6 Å². The van der Waals surface area contributed by atoms with Gasteiger partial charge in [0.25, 0.3) is 0 Å². The van der Waals surface area contributed by atoms with Crippen LogP contribution in [-0.2, 0) is 0 Å². The maximum Gasteiger partial charge on any atom is 0.245 e. The van der Waals surface area contributed by atoms with Crippen molar-refractivity contribution < 1.29 is 18.4 Å². The van der Waals surface area contributed by atoms with Gasteiger partial charge in [-0.25, -0.2) is 0 Å². The fourth-order valence-electron chi connectivity index (χ4n) is 5.41. The summed E-state index contributed by atoms with van der Waals surface area (Å²) in [4.78, 5) is 25.3. The Morgan fingerprint density at radius 2 is 0.727 bits per heavy atom. The van der Waals surface area contributed by atoms with E-state index < -0.39 is 16.6 Å². The van der Waals surface area contributed by atoms with E-state index in [1.807, 2.05) is 109 Å². The van der Waals surface area contributed by atoms with Crippen LogP contribution in [0.25, 0.3) is 0 Å². The van der Waals surface area contributed by atoms with Crippen molar-refractivity contribution in [3.63, 3.8) is 0 Å². The SMILES string of the molecule is C[Si](C)(CCCCCCCC[Si](C)(C)Oc1ccc(C(=O)c2ccccc2)cc1)Oc1ccc(C(=O)c2ccccc2)cc1.